The number of aryl methyl sites for hydroxylation is 1. The highest BCUT2D eigenvalue weighted by Gasteiger charge is 2.39. The number of hydrogen-bond donors (Lipinski definition) is 1. The van der Waals surface area contributed by atoms with Gasteiger partial charge in [-0.15, -0.1) is 0 Å². The molecule has 1 saturated carbocycles. The number of aliphatic carboxylic acids is 1. The molecule has 8 heteroatoms. The Morgan fingerprint density at radius 1 is 1.43 bits per heavy atom. The van der Waals surface area contributed by atoms with Gasteiger partial charge in [0, 0.05) is 19.6 Å². The third kappa shape index (κ3) is 4.05. The molecule has 1 N–H and O–H groups in total. The maximum atomic E-state index is 12.6. The van der Waals surface area contributed by atoms with Gasteiger partial charge in [0.1, 0.15) is 11.5 Å². The summed E-state index contributed by atoms with van der Waals surface area (Å²) in [6.07, 6.45) is 1.44. The Bertz CT molecular complexity index is 606. The van der Waals surface area contributed by atoms with Crippen molar-refractivity contribution in [2.24, 2.45) is 0 Å². The molecule has 0 unspecified atom stereocenters. The highest BCUT2D eigenvalue weighted by atomic mass is 32.2. The molecule has 0 aromatic carbocycles. The summed E-state index contributed by atoms with van der Waals surface area (Å²) in [6, 6.07) is 3.53. The number of nitrogens with zero attached hydrogens (tertiary/aromatic N) is 2. The molecule has 21 heavy (non-hydrogen) atoms. The molecule has 0 amide bonds. The zero-order chi connectivity index (χ0) is 15.6. The van der Waals surface area contributed by atoms with Crippen LogP contribution in [-0.4, -0.2) is 47.7 Å². The average molecular weight is 316 g/mol. The van der Waals surface area contributed by atoms with Crippen LogP contribution in [0.4, 0.5) is 0 Å². The van der Waals surface area contributed by atoms with E-state index in [4.69, 9.17) is 9.52 Å². The van der Waals surface area contributed by atoms with Crippen LogP contribution in [0.15, 0.2) is 16.5 Å². The van der Waals surface area contributed by atoms with Gasteiger partial charge in [-0.3, -0.25) is 4.79 Å². The van der Waals surface area contributed by atoms with Gasteiger partial charge in [-0.25, -0.2) is 0 Å². The highest BCUT2D eigenvalue weighted by Crippen LogP contribution is 2.32. The molecule has 118 valence electrons. The normalized spacial score (nSPS) is 15.8. The summed E-state index contributed by atoms with van der Waals surface area (Å²) in [7, 11) is -2.28. The number of carbonyl (C=O) groups is 1. The molecule has 0 atom stereocenters. The second kappa shape index (κ2) is 6.17. The van der Waals surface area contributed by atoms with Gasteiger partial charge in [0.15, 0.2) is 0 Å². The van der Waals surface area contributed by atoms with E-state index in [-0.39, 0.29) is 25.6 Å². The van der Waals surface area contributed by atoms with E-state index in [1.165, 1.54) is 11.4 Å². The molecule has 0 aliphatic heterocycles. The molecule has 0 spiro atoms. The molecule has 2 rings (SSSR count). The minimum atomic E-state index is -3.68. The van der Waals surface area contributed by atoms with Crippen molar-refractivity contribution >= 4 is 16.2 Å². The topological polar surface area (TPSA) is 91.1 Å². The van der Waals surface area contributed by atoms with Gasteiger partial charge in [0.2, 0.25) is 0 Å². The first kappa shape index (κ1) is 16.0. The smallest absolute Gasteiger partial charge is 0.304 e. The molecule has 1 aromatic rings. The van der Waals surface area contributed by atoms with Crippen molar-refractivity contribution < 1.29 is 22.7 Å². The summed E-state index contributed by atoms with van der Waals surface area (Å²) < 4.78 is 33.0. The Labute approximate surface area is 124 Å². The summed E-state index contributed by atoms with van der Waals surface area (Å²) in [5.41, 5.74) is 0. The lowest BCUT2D eigenvalue weighted by Crippen LogP contribution is -2.43. The lowest BCUT2D eigenvalue weighted by molar-refractivity contribution is -0.137. The van der Waals surface area contributed by atoms with Crippen molar-refractivity contribution in [1.82, 2.24) is 8.61 Å². The highest BCUT2D eigenvalue weighted by molar-refractivity contribution is 7.86. The summed E-state index contributed by atoms with van der Waals surface area (Å²) in [6.45, 7) is 1.94. The molecule has 1 aromatic heterocycles. The second-order valence-electron chi connectivity index (χ2n) is 5.26. The second-order valence-corrected chi connectivity index (χ2v) is 7.25. The van der Waals surface area contributed by atoms with Crippen molar-refractivity contribution in [2.75, 3.05) is 13.6 Å². The predicted molar refractivity (Wildman–Crippen MR) is 75.8 cm³/mol. The number of hydrogen-bond acceptors (Lipinski definition) is 4. The molecule has 0 bridgehead atoms. The van der Waals surface area contributed by atoms with E-state index < -0.39 is 16.2 Å². The Morgan fingerprint density at radius 3 is 2.57 bits per heavy atom. The van der Waals surface area contributed by atoms with Crippen LogP contribution in [0.2, 0.25) is 0 Å². The van der Waals surface area contributed by atoms with E-state index in [0.29, 0.717) is 5.76 Å². The summed E-state index contributed by atoms with van der Waals surface area (Å²) in [5, 5.41) is 8.68. The van der Waals surface area contributed by atoms with Crippen LogP contribution in [0.3, 0.4) is 0 Å². The number of rotatable bonds is 8. The van der Waals surface area contributed by atoms with E-state index in [1.54, 1.807) is 19.1 Å². The van der Waals surface area contributed by atoms with Crippen LogP contribution in [0.5, 0.6) is 0 Å². The zero-order valence-corrected chi connectivity index (χ0v) is 13.0. The Kier molecular flexibility index (Phi) is 4.70. The van der Waals surface area contributed by atoms with Gasteiger partial charge in [-0.05, 0) is 31.9 Å². The first-order valence-electron chi connectivity index (χ1n) is 6.81. The summed E-state index contributed by atoms with van der Waals surface area (Å²) in [5.74, 6) is 0.309. The van der Waals surface area contributed by atoms with Crippen molar-refractivity contribution in [3.05, 3.63) is 23.7 Å². The van der Waals surface area contributed by atoms with Gasteiger partial charge in [-0.2, -0.15) is 17.0 Å². The van der Waals surface area contributed by atoms with Crippen molar-refractivity contribution in [2.45, 2.75) is 38.8 Å². The third-order valence-corrected chi connectivity index (χ3v) is 5.38. The number of furan rings is 1. The molecule has 0 saturated heterocycles. The van der Waals surface area contributed by atoms with E-state index >= 15 is 0 Å². The van der Waals surface area contributed by atoms with Crippen LogP contribution in [0, 0.1) is 6.92 Å². The van der Waals surface area contributed by atoms with Gasteiger partial charge < -0.3 is 9.52 Å². The Hall–Kier alpha value is -1.38. The first-order valence-corrected chi connectivity index (χ1v) is 8.20. The van der Waals surface area contributed by atoms with Crippen molar-refractivity contribution in [3.8, 4) is 0 Å². The van der Waals surface area contributed by atoms with Crippen molar-refractivity contribution in [1.29, 1.82) is 0 Å². The minimum absolute atomic E-state index is 0.0207. The van der Waals surface area contributed by atoms with Gasteiger partial charge in [-0.1, -0.05) is 0 Å². The minimum Gasteiger partial charge on any atom is -0.481 e. The first-order chi connectivity index (χ1) is 9.80. The molecule has 0 radical (unpaired) electrons. The molecule has 1 aliphatic rings. The standard InChI is InChI=1S/C13H20N2O5S/c1-10-3-6-12(20-10)9-15(11-4-5-11)21(18,19)14(2)8-7-13(16)17/h3,6,11H,4-5,7-9H2,1-2H3,(H,16,17). The van der Waals surface area contributed by atoms with E-state index in [2.05, 4.69) is 0 Å². The maximum absolute atomic E-state index is 12.6. The largest absolute Gasteiger partial charge is 0.481 e. The maximum Gasteiger partial charge on any atom is 0.304 e. The van der Waals surface area contributed by atoms with E-state index in [0.717, 1.165) is 22.9 Å². The van der Waals surface area contributed by atoms with Crippen LogP contribution >= 0.6 is 0 Å². The van der Waals surface area contributed by atoms with E-state index in [1.807, 2.05) is 0 Å². The lowest BCUT2D eigenvalue weighted by Gasteiger charge is -2.26. The molecule has 1 fully saturated rings. The fraction of sp³-hybridized carbons (Fsp3) is 0.615. The van der Waals surface area contributed by atoms with Crippen LogP contribution in [-0.2, 0) is 21.5 Å². The van der Waals surface area contributed by atoms with Crippen LogP contribution < -0.4 is 0 Å². The fourth-order valence-corrected chi connectivity index (χ4v) is 3.59. The zero-order valence-electron chi connectivity index (χ0n) is 12.2. The third-order valence-electron chi connectivity index (χ3n) is 3.39. The molecular formula is C13H20N2O5S. The molecular weight excluding hydrogens is 296 g/mol. The Balaban J connectivity index is 2.10. The number of carboxylic acids is 1. The predicted octanol–water partition coefficient (Wildman–Crippen LogP) is 1.20. The molecule has 1 heterocycles. The quantitative estimate of drug-likeness (QED) is 0.778. The van der Waals surface area contributed by atoms with Crippen LogP contribution in [0.25, 0.3) is 0 Å². The SMILES string of the molecule is Cc1ccc(CN(C2CC2)S(=O)(=O)N(C)CCC(=O)O)o1. The van der Waals surface area contributed by atoms with E-state index in [9.17, 15) is 13.2 Å². The lowest BCUT2D eigenvalue weighted by atomic mass is 10.4. The van der Waals surface area contributed by atoms with Crippen molar-refractivity contribution in [3.63, 3.8) is 0 Å². The van der Waals surface area contributed by atoms with Gasteiger partial charge in [0.05, 0.1) is 13.0 Å². The summed E-state index contributed by atoms with van der Waals surface area (Å²) in [4.78, 5) is 10.6. The summed E-state index contributed by atoms with van der Waals surface area (Å²) >= 11 is 0. The van der Waals surface area contributed by atoms with Gasteiger partial charge >= 0.3 is 5.97 Å². The van der Waals surface area contributed by atoms with Gasteiger partial charge in [0.25, 0.3) is 10.2 Å². The Morgan fingerprint density at radius 2 is 2.10 bits per heavy atom. The molecule has 1 aliphatic carbocycles. The van der Waals surface area contributed by atoms with Crippen LogP contribution in [0.1, 0.15) is 30.8 Å². The molecule has 7 nitrogen and oxygen atoms in total. The fourth-order valence-electron chi connectivity index (χ4n) is 2.03. The monoisotopic (exact) mass is 316 g/mol. The average Bonchev–Trinajstić information content (AvgIpc) is 3.15. The number of carboxylic acid groups (broad SMARTS) is 1.